The molecule has 4 aromatic rings. The van der Waals surface area contributed by atoms with Crippen molar-refractivity contribution in [2.24, 2.45) is 5.41 Å². The maximum atomic E-state index is 5.47. The van der Waals surface area contributed by atoms with Gasteiger partial charge < -0.3 is 14.6 Å². The van der Waals surface area contributed by atoms with Crippen molar-refractivity contribution >= 4 is 16.6 Å². The number of aromatic nitrogens is 4. The van der Waals surface area contributed by atoms with Crippen molar-refractivity contribution < 1.29 is 4.74 Å². The first-order valence-electron chi connectivity index (χ1n) is 13.1. The van der Waals surface area contributed by atoms with Gasteiger partial charge in [0.2, 0.25) is 0 Å². The number of fused-ring (bicyclic) bond motifs is 2. The predicted octanol–water partition coefficient (Wildman–Crippen LogP) is 5.83. The number of H-pyrrole nitrogens is 1. The Morgan fingerprint density at radius 1 is 1.14 bits per heavy atom. The molecule has 6 rings (SSSR count). The second-order valence-electron chi connectivity index (χ2n) is 11.6. The van der Waals surface area contributed by atoms with E-state index in [2.05, 4.69) is 79.1 Å². The van der Waals surface area contributed by atoms with Gasteiger partial charge in [-0.3, -0.25) is 4.40 Å². The molecule has 6 nitrogen and oxygen atoms in total. The number of nitrogens with zero attached hydrogens (tertiary/aromatic N) is 4. The van der Waals surface area contributed by atoms with Gasteiger partial charge in [-0.1, -0.05) is 26.8 Å². The lowest BCUT2D eigenvalue weighted by molar-refractivity contribution is -0.116. The number of aryl methyl sites for hydroxylation is 1. The van der Waals surface area contributed by atoms with Crippen molar-refractivity contribution in [3.63, 3.8) is 0 Å². The van der Waals surface area contributed by atoms with Crippen LogP contribution in [-0.2, 0) is 4.74 Å². The number of rotatable bonds is 5. The third kappa shape index (κ3) is 3.87. The van der Waals surface area contributed by atoms with Gasteiger partial charge in [-0.2, -0.15) is 0 Å². The fourth-order valence-electron chi connectivity index (χ4n) is 6.27. The minimum absolute atomic E-state index is 0.367. The summed E-state index contributed by atoms with van der Waals surface area (Å²) in [6.07, 6.45) is 6.45. The third-order valence-corrected chi connectivity index (χ3v) is 8.42. The fourth-order valence-corrected chi connectivity index (χ4v) is 6.27. The van der Waals surface area contributed by atoms with Crippen molar-refractivity contribution in [2.75, 3.05) is 32.8 Å². The normalized spacial score (nSPS) is 19.1. The highest BCUT2D eigenvalue weighted by Gasteiger charge is 2.36. The summed E-state index contributed by atoms with van der Waals surface area (Å²) in [5.74, 6) is 1.05. The number of likely N-dealkylation sites (tertiary alicyclic amines) is 1. The van der Waals surface area contributed by atoms with Crippen molar-refractivity contribution in [1.29, 1.82) is 0 Å². The van der Waals surface area contributed by atoms with E-state index in [0.717, 1.165) is 18.9 Å². The molecule has 2 aliphatic rings. The molecule has 0 bridgehead atoms. The summed E-state index contributed by atoms with van der Waals surface area (Å²) in [6.45, 7) is 16.7. The first kappa shape index (κ1) is 22.7. The average Bonchev–Trinajstić information content (AvgIpc) is 3.45. The van der Waals surface area contributed by atoms with E-state index in [1.807, 2.05) is 4.40 Å². The van der Waals surface area contributed by atoms with Crippen molar-refractivity contribution in [2.45, 2.75) is 59.3 Å². The molecule has 0 atom stereocenters. The summed E-state index contributed by atoms with van der Waals surface area (Å²) < 4.78 is 7.51. The molecule has 2 fully saturated rings. The molecule has 2 saturated heterocycles. The van der Waals surface area contributed by atoms with Gasteiger partial charge in [0.25, 0.3) is 0 Å². The maximum absolute atomic E-state index is 5.47. The summed E-state index contributed by atoms with van der Waals surface area (Å²) in [5, 5.41) is 9.80. The van der Waals surface area contributed by atoms with Gasteiger partial charge in [-0.05, 0) is 86.0 Å². The Morgan fingerprint density at radius 2 is 1.91 bits per heavy atom. The predicted molar refractivity (Wildman–Crippen MR) is 141 cm³/mol. The van der Waals surface area contributed by atoms with Gasteiger partial charge in [0.15, 0.2) is 5.65 Å². The van der Waals surface area contributed by atoms with Crippen molar-refractivity contribution in [1.82, 2.24) is 24.5 Å². The van der Waals surface area contributed by atoms with Gasteiger partial charge in [-0.25, -0.2) is 0 Å². The second kappa shape index (κ2) is 8.45. The molecule has 6 heteroatoms. The molecule has 2 aliphatic heterocycles. The summed E-state index contributed by atoms with van der Waals surface area (Å²) in [5.41, 5.74) is 10.3. The number of nitrogens with one attached hydrogen (secondary N) is 1. The van der Waals surface area contributed by atoms with Crippen LogP contribution in [0.4, 0.5) is 0 Å². The SMILES string of the molecule is Cc1c(-c2[nH]c3ccc(C4CCN(CC5(C)COC5)CC4)cc3c2C(C)C)cn2cnnc2c1C. The first-order chi connectivity index (χ1) is 16.8. The van der Waals surface area contributed by atoms with Crippen LogP contribution in [0, 0.1) is 19.3 Å². The van der Waals surface area contributed by atoms with Gasteiger partial charge in [0.05, 0.1) is 18.9 Å². The van der Waals surface area contributed by atoms with E-state index in [1.165, 1.54) is 76.9 Å². The lowest BCUT2D eigenvalue weighted by Gasteiger charge is -2.43. The van der Waals surface area contributed by atoms with Crippen LogP contribution in [0.15, 0.2) is 30.7 Å². The summed E-state index contributed by atoms with van der Waals surface area (Å²) in [6, 6.07) is 7.14. The average molecular weight is 472 g/mol. The summed E-state index contributed by atoms with van der Waals surface area (Å²) in [4.78, 5) is 6.44. The van der Waals surface area contributed by atoms with E-state index in [-0.39, 0.29) is 0 Å². The second-order valence-corrected chi connectivity index (χ2v) is 11.6. The van der Waals surface area contributed by atoms with Gasteiger partial charge >= 0.3 is 0 Å². The van der Waals surface area contributed by atoms with Crippen molar-refractivity contribution in [3.05, 3.63) is 53.0 Å². The van der Waals surface area contributed by atoms with Crippen LogP contribution in [0.25, 0.3) is 27.8 Å². The van der Waals surface area contributed by atoms with Gasteiger partial charge in [-0.15, -0.1) is 10.2 Å². The van der Waals surface area contributed by atoms with Crippen molar-refractivity contribution in [3.8, 4) is 11.3 Å². The third-order valence-electron chi connectivity index (χ3n) is 8.42. The Hall–Kier alpha value is -2.70. The smallest absolute Gasteiger partial charge is 0.163 e. The highest BCUT2D eigenvalue weighted by molar-refractivity contribution is 5.92. The Labute approximate surface area is 207 Å². The van der Waals surface area contributed by atoms with E-state index >= 15 is 0 Å². The molecule has 3 aromatic heterocycles. The molecule has 0 radical (unpaired) electrons. The first-order valence-corrected chi connectivity index (χ1v) is 13.1. The number of hydrogen-bond donors (Lipinski definition) is 1. The standard InChI is InChI=1S/C29H37N5O/c1-18(2)26-23-12-22(21-8-10-33(11-9-21)14-29(5)15-35-16-29)6-7-25(23)31-27(26)24-13-34-17-30-32-28(34)20(4)19(24)3/h6-7,12-13,17-18,21,31H,8-11,14-16H2,1-5H3. The zero-order valence-corrected chi connectivity index (χ0v) is 21.7. The summed E-state index contributed by atoms with van der Waals surface area (Å²) >= 11 is 0. The van der Waals surface area contributed by atoms with E-state index in [1.54, 1.807) is 6.33 Å². The number of piperidine rings is 1. The molecular formula is C29H37N5O. The quantitative estimate of drug-likeness (QED) is 0.398. The molecule has 0 amide bonds. The Morgan fingerprint density at radius 3 is 2.60 bits per heavy atom. The van der Waals surface area contributed by atoms with Gasteiger partial charge in [0.1, 0.15) is 6.33 Å². The topological polar surface area (TPSA) is 58.5 Å². The molecule has 0 unspecified atom stereocenters. The number of hydrogen-bond acceptors (Lipinski definition) is 4. The Kier molecular flexibility index (Phi) is 5.49. The van der Waals surface area contributed by atoms with Gasteiger partial charge in [0, 0.05) is 34.6 Å². The fraction of sp³-hybridized carbons (Fsp3) is 0.517. The zero-order valence-electron chi connectivity index (χ0n) is 21.7. The van der Waals surface area contributed by atoms with Crippen LogP contribution in [0.3, 0.4) is 0 Å². The van der Waals surface area contributed by atoms with Crippen LogP contribution >= 0.6 is 0 Å². The molecule has 1 aromatic carbocycles. The molecule has 184 valence electrons. The van der Waals surface area contributed by atoms with Crippen LogP contribution in [0.2, 0.25) is 0 Å². The number of aromatic amines is 1. The van der Waals surface area contributed by atoms with E-state index in [0.29, 0.717) is 17.3 Å². The Balaban J connectivity index is 1.33. The zero-order chi connectivity index (χ0) is 24.3. The number of benzene rings is 1. The van der Waals surface area contributed by atoms with Crippen LogP contribution in [-0.4, -0.2) is 57.3 Å². The van der Waals surface area contributed by atoms with Crippen LogP contribution in [0.1, 0.15) is 67.7 Å². The molecule has 5 heterocycles. The lowest BCUT2D eigenvalue weighted by atomic mass is 9.84. The van der Waals surface area contributed by atoms with E-state index < -0.39 is 0 Å². The molecule has 0 aliphatic carbocycles. The summed E-state index contributed by atoms with van der Waals surface area (Å²) in [7, 11) is 0. The van der Waals surface area contributed by atoms with Crippen LogP contribution < -0.4 is 0 Å². The maximum Gasteiger partial charge on any atom is 0.163 e. The van der Waals surface area contributed by atoms with E-state index in [4.69, 9.17) is 4.74 Å². The van der Waals surface area contributed by atoms with E-state index in [9.17, 15) is 0 Å². The highest BCUT2D eigenvalue weighted by atomic mass is 16.5. The molecule has 0 spiro atoms. The number of ether oxygens (including phenoxy) is 1. The largest absolute Gasteiger partial charge is 0.380 e. The minimum atomic E-state index is 0.367. The lowest BCUT2D eigenvalue weighted by Crippen LogP contribution is -2.50. The Bertz CT molecular complexity index is 1390. The molecule has 35 heavy (non-hydrogen) atoms. The highest BCUT2D eigenvalue weighted by Crippen LogP contribution is 2.40. The molecular weight excluding hydrogens is 434 g/mol. The number of pyridine rings is 1. The molecule has 0 saturated carbocycles. The minimum Gasteiger partial charge on any atom is -0.380 e. The van der Waals surface area contributed by atoms with Crippen LogP contribution in [0.5, 0.6) is 0 Å². The molecule has 1 N–H and O–H groups in total. The monoisotopic (exact) mass is 471 g/mol.